The van der Waals surface area contributed by atoms with Crippen molar-refractivity contribution in [3.63, 3.8) is 0 Å². The Kier molecular flexibility index (Phi) is 4.76. The van der Waals surface area contributed by atoms with Crippen LogP contribution in [0.5, 0.6) is 0 Å². The Morgan fingerprint density at radius 3 is 2.91 bits per heavy atom. The Morgan fingerprint density at radius 1 is 1.35 bits per heavy atom. The summed E-state index contributed by atoms with van der Waals surface area (Å²) in [5, 5.41) is 7.07. The van der Waals surface area contributed by atoms with Crippen LogP contribution in [-0.2, 0) is 24.1 Å². The lowest BCUT2D eigenvalue weighted by Crippen LogP contribution is -2.20. The molecular weight excluding hydrogens is 292 g/mol. The highest BCUT2D eigenvalue weighted by atomic mass is 16.5. The summed E-state index contributed by atoms with van der Waals surface area (Å²) in [4.78, 5) is 11.6. The largest absolute Gasteiger partial charge is 0.465 e. The number of aryl methyl sites for hydroxylation is 2. The van der Waals surface area contributed by atoms with Crippen LogP contribution in [0.4, 0.5) is 0 Å². The number of methoxy groups -OCH3 is 1. The zero-order chi connectivity index (χ0) is 16.2. The van der Waals surface area contributed by atoms with Gasteiger partial charge < -0.3 is 14.6 Å². The second kappa shape index (κ2) is 6.96. The fourth-order valence-electron chi connectivity index (χ4n) is 3.05. The van der Waals surface area contributed by atoms with Crippen LogP contribution in [0.1, 0.15) is 58.6 Å². The van der Waals surface area contributed by atoms with Gasteiger partial charge in [0.05, 0.1) is 19.9 Å². The van der Waals surface area contributed by atoms with Gasteiger partial charge in [-0.25, -0.2) is 4.79 Å². The van der Waals surface area contributed by atoms with E-state index in [0.29, 0.717) is 17.9 Å². The molecule has 5 heteroatoms. The van der Waals surface area contributed by atoms with E-state index in [-0.39, 0.29) is 6.04 Å². The molecule has 0 amide bonds. The highest BCUT2D eigenvalue weighted by molar-refractivity contribution is 5.89. The Balaban J connectivity index is 1.67. The van der Waals surface area contributed by atoms with Crippen LogP contribution in [0.2, 0.25) is 0 Å². The molecule has 0 bridgehead atoms. The molecule has 1 aliphatic rings. The molecule has 0 aliphatic heterocycles. The summed E-state index contributed by atoms with van der Waals surface area (Å²) in [6, 6.07) is 6.89. The zero-order valence-corrected chi connectivity index (χ0v) is 13.6. The van der Waals surface area contributed by atoms with Gasteiger partial charge in [0.25, 0.3) is 0 Å². The van der Waals surface area contributed by atoms with Crippen molar-refractivity contribution in [3.8, 4) is 0 Å². The molecule has 23 heavy (non-hydrogen) atoms. The van der Waals surface area contributed by atoms with Gasteiger partial charge in [-0.3, -0.25) is 0 Å². The molecule has 1 N–H and O–H groups in total. The Hall–Kier alpha value is -2.14. The van der Waals surface area contributed by atoms with Crippen LogP contribution in [0.3, 0.4) is 0 Å². The van der Waals surface area contributed by atoms with Crippen molar-refractivity contribution < 1.29 is 14.1 Å². The number of fused-ring (bicyclic) bond motifs is 1. The first-order chi connectivity index (χ1) is 11.2. The number of carbonyl (C=O) groups is 1. The molecule has 1 unspecified atom stereocenters. The first-order valence-electron chi connectivity index (χ1n) is 8.06. The van der Waals surface area contributed by atoms with Crippen molar-refractivity contribution in [2.24, 2.45) is 0 Å². The van der Waals surface area contributed by atoms with Crippen LogP contribution in [0.25, 0.3) is 0 Å². The topological polar surface area (TPSA) is 64.4 Å². The first kappa shape index (κ1) is 15.7. The van der Waals surface area contributed by atoms with Gasteiger partial charge in [-0.2, -0.15) is 0 Å². The summed E-state index contributed by atoms with van der Waals surface area (Å²) in [6.07, 6.45) is 6.33. The average molecular weight is 314 g/mol. The fourth-order valence-corrected chi connectivity index (χ4v) is 3.05. The van der Waals surface area contributed by atoms with Crippen molar-refractivity contribution in [1.82, 2.24) is 10.5 Å². The maximum atomic E-state index is 11.6. The Morgan fingerprint density at radius 2 is 2.13 bits per heavy atom. The quantitative estimate of drug-likeness (QED) is 0.859. The highest BCUT2D eigenvalue weighted by Gasteiger charge is 2.18. The van der Waals surface area contributed by atoms with E-state index in [2.05, 4.69) is 35.6 Å². The van der Waals surface area contributed by atoms with E-state index >= 15 is 0 Å². The van der Waals surface area contributed by atoms with Gasteiger partial charge in [0, 0.05) is 6.04 Å². The maximum absolute atomic E-state index is 11.6. The van der Waals surface area contributed by atoms with Crippen molar-refractivity contribution in [1.29, 1.82) is 0 Å². The summed E-state index contributed by atoms with van der Waals surface area (Å²) >= 11 is 0. The van der Waals surface area contributed by atoms with E-state index in [1.165, 1.54) is 55.7 Å². The summed E-state index contributed by atoms with van der Waals surface area (Å²) in [5.41, 5.74) is 4.58. The maximum Gasteiger partial charge on any atom is 0.343 e. The second-order valence-electron chi connectivity index (χ2n) is 5.99. The summed E-state index contributed by atoms with van der Waals surface area (Å²) in [6.45, 7) is 2.54. The molecule has 1 aliphatic carbocycles. The van der Waals surface area contributed by atoms with Crippen molar-refractivity contribution in [3.05, 3.63) is 52.4 Å². The third kappa shape index (κ3) is 3.45. The van der Waals surface area contributed by atoms with E-state index in [1.54, 1.807) is 0 Å². The number of ether oxygens (including phenoxy) is 1. The molecule has 0 saturated heterocycles. The number of aromatic nitrogens is 1. The predicted molar refractivity (Wildman–Crippen MR) is 86.2 cm³/mol. The molecule has 3 rings (SSSR count). The third-order valence-electron chi connectivity index (χ3n) is 4.49. The standard InChI is InChI=1S/C18H22N2O3/c1-12(14-8-7-13-5-3-4-6-15(13)9-14)19-11-17-16(10-20-23-17)18(21)22-2/h7-10,12,19H,3-6,11H2,1-2H3. The molecule has 0 radical (unpaired) electrons. The van der Waals surface area contributed by atoms with Gasteiger partial charge in [0.15, 0.2) is 5.76 Å². The van der Waals surface area contributed by atoms with Crippen LogP contribution >= 0.6 is 0 Å². The molecule has 1 aromatic heterocycles. The smallest absolute Gasteiger partial charge is 0.343 e. The van der Waals surface area contributed by atoms with Gasteiger partial charge >= 0.3 is 5.97 Å². The second-order valence-corrected chi connectivity index (χ2v) is 5.99. The molecule has 1 atom stereocenters. The average Bonchev–Trinajstić information content (AvgIpc) is 3.07. The number of rotatable bonds is 5. The molecule has 1 aromatic carbocycles. The Bertz CT molecular complexity index is 693. The number of hydrogen-bond donors (Lipinski definition) is 1. The molecule has 0 saturated carbocycles. The predicted octanol–water partition coefficient (Wildman–Crippen LogP) is 3.19. The molecule has 1 heterocycles. The number of benzene rings is 1. The number of esters is 1. The third-order valence-corrected chi connectivity index (χ3v) is 4.49. The fraction of sp³-hybridized carbons (Fsp3) is 0.444. The van der Waals surface area contributed by atoms with E-state index in [0.717, 1.165) is 0 Å². The highest BCUT2D eigenvalue weighted by Crippen LogP contribution is 2.25. The number of nitrogens with one attached hydrogen (secondary N) is 1. The van der Waals surface area contributed by atoms with Crippen LogP contribution in [0.15, 0.2) is 28.9 Å². The molecule has 122 valence electrons. The van der Waals surface area contributed by atoms with Gasteiger partial charge in [0.1, 0.15) is 5.56 Å². The number of nitrogens with zero attached hydrogens (tertiary/aromatic N) is 1. The normalized spacial score (nSPS) is 15.0. The van der Waals surface area contributed by atoms with E-state index < -0.39 is 5.97 Å². The van der Waals surface area contributed by atoms with E-state index in [4.69, 9.17) is 9.26 Å². The van der Waals surface area contributed by atoms with Gasteiger partial charge in [-0.05, 0) is 49.3 Å². The van der Waals surface area contributed by atoms with Gasteiger partial charge in [-0.15, -0.1) is 0 Å². The molecule has 0 spiro atoms. The number of hydrogen-bond acceptors (Lipinski definition) is 5. The van der Waals surface area contributed by atoms with Gasteiger partial charge in [0.2, 0.25) is 0 Å². The lowest BCUT2D eigenvalue weighted by molar-refractivity contribution is 0.0598. The summed E-state index contributed by atoms with van der Waals surface area (Å²) in [7, 11) is 1.35. The first-order valence-corrected chi connectivity index (χ1v) is 8.06. The molecule has 2 aromatic rings. The van der Waals surface area contributed by atoms with Crippen LogP contribution in [0, 0.1) is 0 Å². The van der Waals surface area contributed by atoms with Crippen LogP contribution in [-0.4, -0.2) is 18.2 Å². The monoisotopic (exact) mass is 314 g/mol. The summed E-state index contributed by atoms with van der Waals surface area (Å²) in [5.74, 6) is 0.0751. The van der Waals surface area contributed by atoms with Crippen molar-refractivity contribution >= 4 is 5.97 Å². The van der Waals surface area contributed by atoms with Crippen LogP contribution < -0.4 is 5.32 Å². The minimum Gasteiger partial charge on any atom is -0.465 e. The SMILES string of the molecule is COC(=O)c1cnoc1CNC(C)c1ccc2c(c1)CCCC2. The van der Waals surface area contributed by atoms with Gasteiger partial charge in [-0.1, -0.05) is 23.4 Å². The minimum absolute atomic E-state index is 0.165. The minimum atomic E-state index is -0.426. The zero-order valence-electron chi connectivity index (χ0n) is 13.6. The number of carbonyl (C=O) groups excluding carboxylic acids is 1. The van der Waals surface area contributed by atoms with Crippen molar-refractivity contribution in [2.45, 2.75) is 45.2 Å². The van der Waals surface area contributed by atoms with E-state index in [9.17, 15) is 4.79 Å². The molecule has 0 fully saturated rings. The van der Waals surface area contributed by atoms with E-state index in [1.807, 2.05) is 0 Å². The lowest BCUT2D eigenvalue weighted by atomic mass is 9.89. The molecule has 5 nitrogen and oxygen atoms in total. The molecular formula is C18H22N2O3. The van der Waals surface area contributed by atoms with Crippen molar-refractivity contribution in [2.75, 3.05) is 7.11 Å². The lowest BCUT2D eigenvalue weighted by Gasteiger charge is -2.19. The summed E-state index contributed by atoms with van der Waals surface area (Å²) < 4.78 is 9.87. The Labute approximate surface area is 136 Å².